The number of nitrogens with zero attached hydrogens (tertiary/aromatic N) is 2. The van der Waals surface area contributed by atoms with Crippen molar-refractivity contribution >= 4 is 34.9 Å². The first-order valence-corrected chi connectivity index (χ1v) is 25.8. The van der Waals surface area contributed by atoms with E-state index in [1.807, 2.05) is 11.8 Å². The highest BCUT2D eigenvalue weighted by molar-refractivity contribution is 8.04. The summed E-state index contributed by atoms with van der Waals surface area (Å²) >= 11 is 4.06. The van der Waals surface area contributed by atoms with Gasteiger partial charge in [-0.05, 0) is 43.2 Å². The molecular formula is C51H84N2S2. The monoisotopic (exact) mass is 789 g/mol. The van der Waals surface area contributed by atoms with Gasteiger partial charge in [-0.15, -0.1) is 0 Å². The van der Waals surface area contributed by atoms with Crippen LogP contribution in [0.1, 0.15) is 219 Å². The van der Waals surface area contributed by atoms with Crippen LogP contribution in [0.4, 0.5) is 11.4 Å². The van der Waals surface area contributed by atoms with Crippen LogP contribution in [0.5, 0.6) is 0 Å². The summed E-state index contributed by atoms with van der Waals surface area (Å²) in [5.41, 5.74) is 2.87. The van der Waals surface area contributed by atoms with Crippen molar-refractivity contribution in [2.75, 3.05) is 22.9 Å². The summed E-state index contributed by atoms with van der Waals surface area (Å²) in [6.45, 7) is 6.92. The fourth-order valence-electron chi connectivity index (χ4n) is 8.67. The number of anilines is 2. The highest BCUT2D eigenvalue weighted by Gasteiger charge is 2.31. The SMILES string of the molecule is CCCCCCCCCCCCCCCCCCN1/C(=C/C2Sc3ccccc3N2CCCCCCCCCCCCCCCCCC)Sc2ccccc21. The van der Waals surface area contributed by atoms with Crippen molar-refractivity contribution in [3.8, 4) is 0 Å². The molecule has 2 aromatic rings. The second kappa shape index (κ2) is 30.5. The minimum atomic E-state index is 0.374. The third kappa shape index (κ3) is 18.7. The van der Waals surface area contributed by atoms with E-state index < -0.39 is 0 Å². The van der Waals surface area contributed by atoms with Gasteiger partial charge in [0.15, 0.2) is 0 Å². The number of para-hydroxylation sites is 2. The standard InChI is InChI=1S/C51H84N2S2/c1-3-5-7-9-11-13-15-17-19-21-23-25-27-29-31-37-43-52-46-39-33-35-41-48(46)54-50(52)45-51-53(47-40-34-36-42-49(47)55-51)44-38-32-30-28-26-24-22-20-18-16-14-12-10-8-6-4-2/h33-36,39-42,45,50H,3-32,37-38,43-44H2,1-2H3/b51-45-. The first-order valence-electron chi connectivity index (χ1n) is 24.1. The summed E-state index contributed by atoms with van der Waals surface area (Å²) in [7, 11) is 0. The Kier molecular flexibility index (Phi) is 25.6. The van der Waals surface area contributed by atoms with Gasteiger partial charge in [0.1, 0.15) is 5.37 Å². The molecule has 4 heteroatoms. The Labute approximate surface area is 350 Å². The molecule has 2 aliphatic heterocycles. The van der Waals surface area contributed by atoms with E-state index in [0.717, 1.165) is 13.1 Å². The molecule has 0 amide bonds. The van der Waals surface area contributed by atoms with Crippen molar-refractivity contribution in [2.45, 2.75) is 234 Å². The highest BCUT2D eigenvalue weighted by atomic mass is 32.2. The first-order chi connectivity index (χ1) is 27.3. The van der Waals surface area contributed by atoms with Crippen molar-refractivity contribution in [1.82, 2.24) is 0 Å². The average molecular weight is 789 g/mol. The number of benzene rings is 2. The molecule has 55 heavy (non-hydrogen) atoms. The fraction of sp³-hybridized carbons (Fsp3) is 0.725. The van der Waals surface area contributed by atoms with Crippen LogP contribution in [-0.2, 0) is 0 Å². The van der Waals surface area contributed by atoms with Gasteiger partial charge in [-0.2, -0.15) is 0 Å². The number of hydrogen-bond acceptors (Lipinski definition) is 4. The first kappa shape index (κ1) is 46.2. The lowest BCUT2D eigenvalue weighted by Crippen LogP contribution is -2.30. The van der Waals surface area contributed by atoms with Gasteiger partial charge in [0.2, 0.25) is 0 Å². The molecule has 0 saturated carbocycles. The smallest absolute Gasteiger partial charge is 0.101 e. The van der Waals surface area contributed by atoms with Gasteiger partial charge in [0.05, 0.1) is 16.4 Å². The van der Waals surface area contributed by atoms with E-state index in [0.29, 0.717) is 5.37 Å². The third-order valence-corrected chi connectivity index (χ3v) is 14.5. The second-order valence-corrected chi connectivity index (χ2v) is 19.2. The minimum Gasteiger partial charge on any atom is -0.355 e. The molecule has 0 fully saturated rings. The van der Waals surface area contributed by atoms with Crippen LogP contribution < -0.4 is 9.80 Å². The Morgan fingerprint density at radius 3 is 1.24 bits per heavy atom. The van der Waals surface area contributed by atoms with Crippen LogP contribution in [0, 0.1) is 0 Å². The summed E-state index contributed by atoms with van der Waals surface area (Å²) in [4.78, 5) is 8.24. The summed E-state index contributed by atoms with van der Waals surface area (Å²) < 4.78 is 0. The predicted octanol–water partition coefficient (Wildman–Crippen LogP) is 17.9. The summed E-state index contributed by atoms with van der Waals surface area (Å²) in [5, 5.41) is 1.82. The Morgan fingerprint density at radius 2 is 0.782 bits per heavy atom. The number of fused-ring (bicyclic) bond motifs is 2. The van der Waals surface area contributed by atoms with Gasteiger partial charge in [0.25, 0.3) is 0 Å². The van der Waals surface area contributed by atoms with Gasteiger partial charge in [0, 0.05) is 22.9 Å². The highest BCUT2D eigenvalue weighted by Crippen LogP contribution is 2.49. The lowest BCUT2D eigenvalue weighted by Gasteiger charge is -2.27. The van der Waals surface area contributed by atoms with Gasteiger partial charge >= 0.3 is 0 Å². The van der Waals surface area contributed by atoms with Gasteiger partial charge in [-0.3, -0.25) is 0 Å². The maximum atomic E-state index is 2.72. The largest absolute Gasteiger partial charge is 0.355 e. The molecule has 1 atom stereocenters. The zero-order valence-electron chi connectivity index (χ0n) is 36.0. The van der Waals surface area contributed by atoms with E-state index in [9.17, 15) is 0 Å². The molecular weight excluding hydrogens is 705 g/mol. The molecule has 310 valence electrons. The number of unbranched alkanes of at least 4 members (excludes halogenated alkanes) is 30. The van der Waals surface area contributed by atoms with E-state index in [4.69, 9.17) is 0 Å². The molecule has 0 bridgehead atoms. The van der Waals surface area contributed by atoms with Gasteiger partial charge in [-0.1, -0.05) is 254 Å². The number of rotatable bonds is 35. The molecule has 0 radical (unpaired) electrons. The van der Waals surface area contributed by atoms with E-state index in [1.54, 1.807) is 0 Å². The summed E-state index contributed by atoms with van der Waals surface area (Å²) in [6, 6.07) is 18.3. The van der Waals surface area contributed by atoms with Crippen molar-refractivity contribution < 1.29 is 0 Å². The zero-order valence-corrected chi connectivity index (χ0v) is 37.7. The molecule has 0 aliphatic carbocycles. The fourth-order valence-corrected chi connectivity index (χ4v) is 11.2. The van der Waals surface area contributed by atoms with Crippen LogP contribution in [-0.4, -0.2) is 18.5 Å². The van der Waals surface area contributed by atoms with Crippen LogP contribution in [0.2, 0.25) is 0 Å². The molecule has 2 aliphatic rings. The van der Waals surface area contributed by atoms with Crippen molar-refractivity contribution in [3.63, 3.8) is 0 Å². The average Bonchev–Trinajstić information content (AvgIpc) is 3.74. The van der Waals surface area contributed by atoms with Gasteiger partial charge < -0.3 is 9.80 Å². The Bertz CT molecular complexity index is 1260. The second-order valence-electron chi connectivity index (χ2n) is 17.0. The predicted molar refractivity (Wildman–Crippen MR) is 250 cm³/mol. The topological polar surface area (TPSA) is 6.48 Å². The molecule has 2 heterocycles. The molecule has 0 N–H and O–H groups in total. The maximum Gasteiger partial charge on any atom is 0.101 e. The van der Waals surface area contributed by atoms with E-state index >= 15 is 0 Å². The molecule has 2 aromatic carbocycles. The lowest BCUT2D eigenvalue weighted by atomic mass is 10.0. The molecule has 4 rings (SSSR count). The van der Waals surface area contributed by atoms with Crippen LogP contribution in [0.15, 0.2) is 69.4 Å². The van der Waals surface area contributed by atoms with Crippen molar-refractivity contribution in [3.05, 3.63) is 59.6 Å². The number of thioether (sulfide) groups is 2. The van der Waals surface area contributed by atoms with Crippen LogP contribution in [0.25, 0.3) is 0 Å². The number of hydrogen-bond donors (Lipinski definition) is 0. The van der Waals surface area contributed by atoms with Crippen LogP contribution >= 0.6 is 23.5 Å². The molecule has 0 spiro atoms. The normalized spacial score (nSPS) is 15.7. The molecule has 0 aromatic heterocycles. The summed E-state index contributed by atoms with van der Waals surface area (Å²) in [6.07, 6.45) is 48.2. The van der Waals surface area contributed by atoms with E-state index in [1.165, 1.54) is 232 Å². The molecule has 1 unspecified atom stereocenters. The maximum absolute atomic E-state index is 2.72. The zero-order chi connectivity index (χ0) is 38.4. The molecule has 2 nitrogen and oxygen atoms in total. The Hall–Kier alpha value is -1.52. The third-order valence-electron chi connectivity index (χ3n) is 12.1. The Balaban J connectivity index is 1.11. The summed E-state index contributed by atoms with van der Waals surface area (Å²) in [5.74, 6) is 0. The van der Waals surface area contributed by atoms with Crippen LogP contribution in [0.3, 0.4) is 0 Å². The Morgan fingerprint density at radius 1 is 0.418 bits per heavy atom. The minimum absolute atomic E-state index is 0.374. The quantitative estimate of drug-likeness (QED) is 0.0642. The van der Waals surface area contributed by atoms with Crippen molar-refractivity contribution in [1.29, 1.82) is 0 Å². The van der Waals surface area contributed by atoms with Crippen molar-refractivity contribution in [2.24, 2.45) is 0 Å². The lowest BCUT2D eigenvalue weighted by molar-refractivity contribution is 0.529. The van der Waals surface area contributed by atoms with E-state index in [2.05, 4.69) is 90.0 Å². The van der Waals surface area contributed by atoms with Gasteiger partial charge in [-0.25, -0.2) is 0 Å². The molecule has 0 saturated heterocycles. The van der Waals surface area contributed by atoms with E-state index in [-0.39, 0.29) is 0 Å².